The largest absolute Gasteiger partial charge is 0.495 e. The van der Waals surface area contributed by atoms with Gasteiger partial charge in [-0.25, -0.2) is 4.79 Å². The maximum Gasteiger partial charge on any atom is 0.324 e. The fourth-order valence-corrected chi connectivity index (χ4v) is 1.99. The van der Waals surface area contributed by atoms with Crippen LogP contribution in [0.15, 0.2) is 24.3 Å². The number of carbonyl (C=O) groups is 1. The fourth-order valence-electron chi connectivity index (χ4n) is 1.99. The van der Waals surface area contributed by atoms with Gasteiger partial charge in [-0.2, -0.15) is 0 Å². The number of hydrogen-bond acceptors (Lipinski definition) is 3. The predicted octanol–water partition coefficient (Wildman–Crippen LogP) is 0.929. The first kappa shape index (κ1) is 11.7. The van der Waals surface area contributed by atoms with Gasteiger partial charge in [0.25, 0.3) is 0 Å². The first-order valence-electron chi connectivity index (χ1n) is 5.58. The van der Waals surface area contributed by atoms with Crippen LogP contribution in [0.3, 0.4) is 0 Å². The first-order valence-corrected chi connectivity index (χ1v) is 5.58. The minimum Gasteiger partial charge on any atom is -0.495 e. The van der Waals surface area contributed by atoms with E-state index in [2.05, 4.69) is 0 Å². The Hall–Kier alpha value is -1.75. The van der Waals surface area contributed by atoms with Crippen molar-refractivity contribution in [3.8, 4) is 5.75 Å². The van der Waals surface area contributed by atoms with E-state index in [1.54, 1.807) is 16.9 Å². The molecule has 2 rings (SSSR count). The molecule has 1 saturated heterocycles. The van der Waals surface area contributed by atoms with Gasteiger partial charge < -0.3 is 14.7 Å². The number of para-hydroxylation sites is 2. The summed E-state index contributed by atoms with van der Waals surface area (Å²) in [5.74, 6) is 0.687. The van der Waals surface area contributed by atoms with E-state index >= 15 is 0 Å². The van der Waals surface area contributed by atoms with Crippen LogP contribution in [0, 0.1) is 0 Å². The average Bonchev–Trinajstić information content (AvgIpc) is 2.72. The van der Waals surface area contributed by atoms with E-state index in [9.17, 15) is 4.79 Å². The normalized spacial score (nSPS) is 15.5. The lowest BCUT2D eigenvalue weighted by atomic mass is 10.2. The molecule has 5 nitrogen and oxygen atoms in total. The number of benzene rings is 1. The number of hydrogen-bond donors (Lipinski definition) is 1. The van der Waals surface area contributed by atoms with E-state index in [-0.39, 0.29) is 12.6 Å². The van der Waals surface area contributed by atoms with Crippen molar-refractivity contribution in [3.63, 3.8) is 0 Å². The van der Waals surface area contributed by atoms with Crippen molar-refractivity contribution in [1.29, 1.82) is 0 Å². The summed E-state index contributed by atoms with van der Waals surface area (Å²) in [6.07, 6.45) is 0. The molecule has 0 aromatic heterocycles. The Kier molecular flexibility index (Phi) is 3.49. The molecule has 1 aromatic carbocycles. The first-order chi connectivity index (χ1) is 8.27. The molecule has 2 amide bonds. The summed E-state index contributed by atoms with van der Waals surface area (Å²) in [5.41, 5.74) is 0.778. The zero-order chi connectivity index (χ0) is 12.3. The molecule has 0 radical (unpaired) electrons. The zero-order valence-electron chi connectivity index (χ0n) is 9.80. The number of aliphatic hydroxyl groups excluding tert-OH is 1. The third kappa shape index (κ3) is 2.19. The molecule has 1 heterocycles. The molecule has 17 heavy (non-hydrogen) atoms. The third-order valence-electron chi connectivity index (χ3n) is 2.84. The van der Waals surface area contributed by atoms with Crippen molar-refractivity contribution in [1.82, 2.24) is 4.90 Å². The van der Waals surface area contributed by atoms with Gasteiger partial charge in [-0.3, -0.25) is 4.90 Å². The minimum atomic E-state index is -0.0800. The molecule has 1 fully saturated rings. The number of ether oxygens (including phenoxy) is 1. The van der Waals surface area contributed by atoms with E-state index in [1.807, 2.05) is 24.3 Å². The van der Waals surface area contributed by atoms with Crippen LogP contribution in [0.4, 0.5) is 10.5 Å². The molecule has 5 heteroatoms. The number of methoxy groups -OCH3 is 1. The molecule has 0 saturated carbocycles. The summed E-state index contributed by atoms with van der Waals surface area (Å²) in [6.45, 7) is 1.63. The maximum absolute atomic E-state index is 12.0. The number of carbonyl (C=O) groups excluding carboxylic acids is 1. The van der Waals surface area contributed by atoms with Crippen LogP contribution in [-0.4, -0.2) is 49.4 Å². The highest BCUT2D eigenvalue weighted by Gasteiger charge is 2.30. The van der Waals surface area contributed by atoms with Gasteiger partial charge in [-0.05, 0) is 12.1 Å². The predicted molar refractivity (Wildman–Crippen MR) is 64.4 cm³/mol. The summed E-state index contributed by atoms with van der Waals surface area (Å²) in [4.78, 5) is 15.4. The molecule has 92 valence electrons. The summed E-state index contributed by atoms with van der Waals surface area (Å²) in [7, 11) is 1.59. The van der Waals surface area contributed by atoms with Crippen molar-refractivity contribution in [3.05, 3.63) is 24.3 Å². The van der Waals surface area contributed by atoms with Crippen LogP contribution < -0.4 is 9.64 Å². The Morgan fingerprint density at radius 2 is 2.12 bits per heavy atom. The standard InChI is InChI=1S/C12H16N2O3/c1-17-11-5-3-2-4-10(11)14-7-6-13(8-9-15)12(14)16/h2-5,15H,6-9H2,1H3. The van der Waals surface area contributed by atoms with E-state index in [0.29, 0.717) is 25.4 Å². The smallest absolute Gasteiger partial charge is 0.324 e. The van der Waals surface area contributed by atoms with Crippen molar-refractivity contribution in [2.24, 2.45) is 0 Å². The van der Waals surface area contributed by atoms with Gasteiger partial charge in [0, 0.05) is 19.6 Å². The monoisotopic (exact) mass is 236 g/mol. The van der Waals surface area contributed by atoms with E-state index in [1.165, 1.54) is 0 Å². The number of nitrogens with zero attached hydrogens (tertiary/aromatic N) is 2. The van der Waals surface area contributed by atoms with Gasteiger partial charge in [0.1, 0.15) is 5.75 Å². The van der Waals surface area contributed by atoms with Crippen LogP contribution in [0.1, 0.15) is 0 Å². The number of anilines is 1. The average molecular weight is 236 g/mol. The number of aliphatic hydroxyl groups is 1. The highest BCUT2D eigenvalue weighted by Crippen LogP contribution is 2.30. The Morgan fingerprint density at radius 1 is 1.35 bits per heavy atom. The Labute approximate surface area is 100 Å². The molecule has 1 aliphatic heterocycles. The second-order valence-electron chi connectivity index (χ2n) is 3.82. The van der Waals surface area contributed by atoms with Crippen molar-refractivity contribution in [2.75, 3.05) is 38.3 Å². The molecule has 0 atom stereocenters. The molecule has 1 N–H and O–H groups in total. The quantitative estimate of drug-likeness (QED) is 0.846. The number of β-amino-alcohol motifs (C(OH)–C–C–N with tert-alkyl or cyclic N) is 1. The van der Waals surface area contributed by atoms with Crippen molar-refractivity contribution < 1.29 is 14.6 Å². The number of amides is 2. The van der Waals surface area contributed by atoms with Crippen molar-refractivity contribution >= 4 is 11.7 Å². The summed E-state index contributed by atoms with van der Waals surface area (Å²) in [6, 6.07) is 7.36. The molecular formula is C12H16N2O3. The Balaban J connectivity index is 2.21. The number of urea groups is 1. The van der Waals surface area contributed by atoms with Gasteiger partial charge in [-0.15, -0.1) is 0 Å². The summed E-state index contributed by atoms with van der Waals surface area (Å²) >= 11 is 0. The fraction of sp³-hybridized carbons (Fsp3) is 0.417. The van der Waals surface area contributed by atoms with Crippen molar-refractivity contribution in [2.45, 2.75) is 0 Å². The van der Waals surface area contributed by atoms with Crippen LogP contribution in [0.2, 0.25) is 0 Å². The van der Waals surface area contributed by atoms with E-state index in [0.717, 1.165) is 5.69 Å². The van der Waals surface area contributed by atoms with Gasteiger partial charge in [0.15, 0.2) is 0 Å². The lowest BCUT2D eigenvalue weighted by Gasteiger charge is -2.19. The maximum atomic E-state index is 12.0. The lowest BCUT2D eigenvalue weighted by Crippen LogP contribution is -2.33. The van der Waals surface area contributed by atoms with Gasteiger partial charge in [0.05, 0.1) is 19.4 Å². The highest BCUT2D eigenvalue weighted by atomic mass is 16.5. The molecule has 0 bridgehead atoms. The summed E-state index contributed by atoms with van der Waals surface area (Å²) in [5, 5.41) is 8.86. The minimum absolute atomic E-state index is 0.00843. The molecule has 1 aromatic rings. The third-order valence-corrected chi connectivity index (χ3v) is 2.84. The van der Waals surface area contributed by atoms with Crippen LogP contribution in [-0.2, 0) is 0 Å². The van der Waals surface area contributed by atoms with E-state index < -0.39 is 0 Å². The molecule has 0 spiro atoms. The lowest BCUT2D eigenvalue weighted by molar-refractivity contribution is 0.199. The van der Waals surface area contributed by atoms with Crippen LogP contribution >= 0.6 is 0 Å². The molecule has 0 aliphatic carbocycles. The van der Waals surface area contributed by atoms with Crippen LogP contribution in [0.25, 0.3) is 0 Å². The molecule has 0 unspecified atom stereocenters. The van der Waals surface area contributed by atoms with Crippen LogP contribution in [0.5, 0.6) is 5.75 Å². The highest BCUT2D eigenvalue weighted by molar-refractivity contribution is 5.95. The zero-order valence-corrected chi connectivity index (χ0v) is 9.80. The van der Waals surface area contributed by atoms with E-state index in [4.69, 9.17) is 9.84 Å². The summed E-state index contributed by atoms with van der Waals surface area (Å²) < 4.78 is 5.24. The molecular weight excluding hydrogens is 220 g/mol. The Bertz CT molecular complexity index is 408. The topological polar surface area (TPSA) is 53.0 Å². The number of rotatable bonds is 4. The van der Waals surface area contributed by atoms with Gasteiger partial charge >= 0.3 is 6.03 Å². The second-order valence-corrected chi connectivity index (χ2v) is 3.82. The SMILES string of the molecule is COc1ccccc1N1CCN(CCO)C1=O. The van der Waals surface area contributed by atoms with Gasteiger partial charge in [-0.1, -0.05) is 12.1 Å². The second kappa shape index (κ2) is 5.05. The Morgan fingerprint density at radius 3 is 2.82 bits per heavy atom. The molecule has 1 aliphatic rings. The van der Waals surface area contributed by atoms with Gasteiger partial charge in [0.2, 0.25) is 0 Å².